The molecule has 70 valence electrons. The highest BCUT2D eigenvalue weighted by atomic mass is 79.9. The quantitative estimate of drug-likeness (QED) is 0.760. The number of hydrogen-bond donors (Lipinski definition) is 2. The molecule has 2 rings (SSSR count). The molecule has 2 heterocycles. The Morgan fingerprint density at radius 2 is 2.46 bits per heavy atom. The molecule has 4 nitrogen and oxygen atoms in total. The molecule has 0 amide bonds. The SMILES string of the molecule is O=c1[nH]nc(C2CCNC2)cc1Br. The van der Waals surface area contributed by atoms with Crippen LogP contribution in [-0.4, -0.2) is 23.3 Å². The average Bonchev–Trinajstić information content (AvgIpc) is 2.62. The second kappa shape index (κ2) is 3.59. The van der Waals surface area contributed by atoms with Gasteiger partial charge < -0.3 is 5.32 Å². The maximum Gasteiger partial charge on any atom is 0.278 e. The lowest BCUT2D eigenvalue weighted by molar-refractivity contribution is 0.708. The van der Waals surface area contributed by atoms with Gasteiger partial charge in [0.25, 0.3) is 5.56 Å². The van der Waals surface area contributed by atoms with Gasteiger partial charge in [0, 0.05) is 12.5 Å². The molecule has 5 heteroatoms. The van der Waals surface area contributed by atoms with E-state index >= 15 is 0 Å². The summed E-state index contributed by atoms with van der Waals surface area (Å²) in [5.41, 5.74) is 0.784. The maximum atomic E-state index is 11.0. The van der Waals surface area contributed by atoms with E-state index in [0.717, 1.165) is 25.2 Å². The highest BCUT2D eigenvalue weighted by Crippen LogP contribution is 2.20. The number of H-pyrrole nitrogens is 1. The molecule has 1 atom stereocenters. The minimum absolute atomic E-state index is 0.172. The van der Waals surface area contributed by atoms with Crippen molar-refractivity contribution < 1.29 is 0 Å². The Balaban J connectivity index is 2.30. The van der Waals surface area contributed by atoms with Gasteiger partial charge in [-0.3, -0.25) is 4.79 Å². The minimum atomic E-state index is -0.172. The van der Waals surface area contributed by atoms with Crippen molar-refractivity contribution in [1.29, 1.82) is 0 Å². The summed E-state index contributed by atoms with van der Waals surface area (Å²) in [4.78, 5) is 11.0. The first-order valence-electron chi connectivity index (χ1n) is 4.23. The third-order valence-electron chi connectivity index (χ3n) is 2.26. The van der Waals surface area contributed by atoms with Crippen molar-refractivity contribution in [3.05, 3.63) is 26.6 Å². The van der Waals surface area contributed by atoms with Gasteiger partial charge in [0.2, 0.25) is 0 Å². The zero-order valence-corrected chi connectivity index (χ0v) is 8.60. The maximum absolute atomic E-state index is 11.0. The van der Waals surface area contributed by atoms with E-state index < -0.39 is 0 Å². The summed E-state index contributed by atoms with van der Waals surface area (Å²) >= 11 is 3.19. The number of hydrogen-bond acceptors (Lipinski definition) is 3. The fourth-order valence-electron chi connectivity index (χ4n) is 1.51. The van der Waals surface area contributed by atoms with Gasteiger partial charge in [-0.25, -0.2) is 5.10 Å². The van der Waals surface area contributed by atoms with Crippen LogP contribution in [-0.2, 0) is 0 Å². The topological polar surface area (TPSA) is 57.8 Å². The van der Waals surface area contributed by atoms with Crippen molar-refractivity contribution in [2.45, 2.75) is 12.3 Å². The zero-order valence-electron chi connectivity index (χ0n) is 7.01. The first-order valence-corrected chi connectivity index (χ1v) is 5.02. The van der Waals surface area contributed by atoms with E-state index in [0.29, 0.717) is 10.4 Å². The van der Waals surface area contributed by atoms with Gasteiger partial charge in [0.1, 0.15) is 0 Å². The first kappa shape index (κ1) is 8.90. The van der Waals surface area contributed by atoms with Crippen molar-refractivity contribution in [3.8, 4) is 0 Å². The number of nitrogens with one attached hydrogen (secondary N) is 2. The summed E-state index contributed by atoms with van der Waals surface area (Å²) < 4.78 is 0.560. The number of nitrogens with zero attached hydrogens (tertiary/aromatic N) is 1. The lowest BCUT2D eigenvalue weighted by Gasteiger charge is -2.05. The Kier molecular flexibility index (Phi) is 2.46. The summed E-state index contributed by atoms with van der Waals surface area (Å²) in [5, 5.41) is 9.74. The molecule has 0 saturated carbocycles. The summed E-state index contributed by atoms with van der Waals surface area (Å²) in [6, 6.07) is 1.80. The highest BCUT2D eigenvalue weighted by molar-refractivity contribution is 9.10. The molecule has 1 fully saturated rings. The summed E-state index contributed by atoms with van der Waals surface area (Å²) in [6.07, 6.45) is 1.09. The third kappa shape index (κ3) is 1.81. The summed E-state index contributed by atoms with van der Waals surface area (Å²) in [6.45, 7) is 1.98. The van der Waals surface area contributed by atoms with Crippen LogP contribution in [0.15, 0.2) is 15.3 Å². The van der Waals surface area contributed by atoms with Gasteiger partial charge in [0.15, 0.2) is 0 Å². The molecule has 1 saturated heterocycles. The van der Waals surface area contributed by atoms with Crippen molar-refractivity contribution in [2.75, 3.05) is 13.1 Å². The van der Waals surface area contributed by atoms with Crippen LogP contribution < -0.4 is 10.9 Å². The van der Waals surface area contributed by atoms with E-state index in [9.17, 15) is 4.79 Å². The van der Waals surface area contributed by atoms with Gasteiger partial charge in [-0.15, -0.1) is 0 Å². The van der Waals surface area contributed by atoms with Gasteiger partial charge in [0.05, 0.1) is 10.2 Å². The lowest BCUT2D eigenvalue weighted by Crippen LogP contribution is -2.14. The Morgan fingerprint density at radius 3 is 3.08 bits per heavy atom. The fraction of sp³-hybridized carbons (Fsp3) is 0.500. The number of halogens is 1. The van der Waals surface area contributed by atoms with Gasteiger partial charge in [-0.2, -0.15) is 5.10 Å². The average molecular weight is 244 g/mol. The van der Waals surface area contributed by atoms with Crippen molar-refractivity contribution in [1.82, 2.24) is 15.5 Å². The summed E-state index contributed by atoms with van der Waals surface area (Å²) in [5.74, 6) is 0.438. The number of aromatic nitrogens is 2. The first-order chi connectivity index (χ1) is 6.27. The van der Waals surface area contributed by atoms with Crippen LogP contribution in [0.1, 0.15) is 18.0 Å². The van der Waals surface area contributed by atoms with E-state index in [2.05, 4.69) is 31.4 Å². The van der Waals surface area contributed by atoms with E-state index in [1.54, 1.807) is 6.07 Å². The Morgan fingerprint density at radius 1 is 1.62 bits per heavy atom. The molecule has 1 unspecified atom stereocenters. The van der Waals surface area contributed by atoms with Crippen molar-refractivity contribution >= 4 is 15.9 Å². The normalized spacial score (nSPS) is 22.1. The largest absolute Gasteiger partial charge is 0.316 e. The van der Waals surface area contributed by atoms with E-state index in [4.69, 9.17) is 0 Å². The molecule has 1 aliphatic heterocycles. The molecule has 0 spiro atoms. The van der Waals surface area contributed by atoms with Crippen LogP contribution in [0, 0.1) is 0 Å². The lowest BCUT2D eigenvalue weighted by atomic mass is 10.1. The molecule has 1 aromatic heterocycles. The van der Waals surface area contributed by atoms with E-state index in [1.807, 2.05) is 0 Å². The Bertz CT molecular complexity index is 357. The monoisotopic (exact) mass is 243 g/mol. The second-order valence-electron chi connectivity index (χ2n) is 3.16. The van der Waals surface area contributed by atoms with Gasteiger partial charge in [-0.05, 0) is 35.0 Å². The molecule has 1 aliphatic rings. The predicted molar refractivity (Wildman–Crippen MR) is 52.8 cm³/mol. The molecule has 2 N–H and O–H groups in total. The van der Waals surface area contributed by atoms with Crippen LogP contribution in [0.3, 0.4) is 0 Å². The molecule has 0 bridgehead atoms. The molecule has 13 heavy (non-hydrogen) atoms. The minimum Gasteiger partial charge on any atom is -0.316 e. The van der Waals surface area contributed by atoms with Crippen molar-refractivity contribution in [3.63, 3.8) is 0 Å². The van der Waals surface area contributed by atoms with Crippen LogP contribution in [0.5, 0.6) is 0 Å². The van der Waals surface area contributed by atoms with Gasteiger partial charge >= 0.3 is 0 Å². The molecular weight excluding hydrogens is 234 g/mol. The smallest absolute Gasteiger partial charge is 0.278 e. The van der Waals surface area contributed by atoms with Crippen LogP contribution in [0.2, 0.25) is 0 Å². The molecule has 0 aromatic carbocycles. The molecule has 0 aliphatic carbocycles. The van der Waals surface area contributed by atoms with Gasteiger partial charge in [-0.1, -0.05) is 0 Å². The molecular formula is C8H10BrN3O. The second-order valence-corrected chi connectivity index (χ2v) is 4.01. The fourth-order valence-corrected chi connectivity index (χ4v) is 1.84. The third-order valence-corrected chi connectivity index (χ3v) is 2.85. The van der Waals surface area contributed by atoms with Crippen molar-refractivity contribution in [2.24, 2.45) is 0 Å². The van der Waals surface area contributed by atoms with E-state index in [-0.39, 0.29) is 5.56 Å². The Labute approximate surface area is 83.9 Å². The molecule has 0 radical (unpaired) electrons. The molecule has 1 aromatic rings. The highest BCUT2D eigenvalue weighted by Gasteiger charge is 2.18. The predicted octanol–water partition coefficient (Wildman–Crippen LogP) is 0.609. The van der Waals surface area contributed by atoms with Crippen LogP contribution >= 0.6 is 15.9 Å². The van der Waals surface area contributed by atoms with E-state index in [1.165, 1.54) is 0 Å². The zero-order chi connectivity index (χ0) is 9.26. The van der Waals surface area contributed by atoms with Crippen LogP contribution in [0.4, 0.5) is 0 Å². The summed E-state index contributed by atoms with van der Waals surface area (Å²) in [7, 11) is 0. The Hall–Kier alpha value is -0.680. The number of aromatic amines is 1. The van der Waals surface area contributed by atoms with Crippen LogP contribution in [0.25, 0.3) is 0 Å². The standard InChI is InChI=1S/C8H10BrN3O/c9-6-3-7(11-12-8(6)13)5-1-2-10-4-5/h3,5,10H,1-2,4H2,(H,12,13). The number of rotatable bonds is 1.